The van der Waals surface area contributed by atoms with Crippen molar-refractivity contribution >= 4 is 27.4 Å². The molecule has 1 saturated carbocycles. The molecular formula is C14H19N3O3S2. The summed E-state index contributed by atoms with van der Waals surface area (Å²) in [6, 6.07) is -0.0574. The summed E-state index contributed by atoms with van der Waals surface area (Å²) in [5.41, 5.74) is 0.723. The molecule has 1 aliphatic rings. The summed E-state index contributed by atoms with van der Waals surface area (Å²) in [5.74, 6) is 1.08. The first kappa shape index (κ1) is 15.5. The van der Waals surface area contributed by atoms with Gasteiger partial charge in [-0.2, -0.15) is 0 Å². The van der Waals surface area contributed by atoms with Crippen LogP contribution in [0.1, 0.15) is 42.0 Å². The maximum absolute atomic E-state index is 12.4. The third kappa shape index (κ3) is 3.17. The maximum Gasteiger partial charge on any atom is 0.329 e. The smallest absolute Gasteiger partial charge is 0.329 e. The number of rotatable bonds is 5. The minimum absolute atomic E-state index is 0.0574. The maximum atomic E-state index is 12.4. The summed E-state index contributed by atoms with van der Waals surface area (Å²) in [7, 11) is -3.68. The number of sulfonamides is 1. The predicted octanol–water partition coefficient (Wildman–Crippen LogP) is 3.28. The fourth-order valence-electron chi connectivity index (χ4n) is 2.97. The highest BCUT2D eigenvalue weighted by Gasteiger charge is 2.24. The molecule has 1 aliphatic carbocycles. The van der Waals surface area contributed by atoms with E-state index in [1.807, 2.05) is 5.38 Å². The first-order valence-corrected chi connectivity index (χ1v) is 9.72. The third-order valence-electron chi connectivity index (χ3n) is 3.99. The Bertz CT molecular complexity index is 739. The van der Waals surface area contributed by atoms with Gasteiger partial charge in [-0.3, -0.25) is 0 Å². The van der Waals surface area contributed by atoms with Crippen molar-refractivity contribution in [1.29, 1.82) is 0 Å². The van der Waals surface area contributed by atoms with E-state index < -0.39 is 10.0 Å². The Labute approximate surface area is 134 Å². The number of aryl methyl sites for hydroxylation is 2. The molecule has 0 radical (unpaired) electrons. The fraction of sp³-hybridized carbons (Fsp3) is 0.571. The van der Waals surface area contributed by atoms with Crippen molar-refractivity contribution < 1.29 is 12.8 Å². The first-order valence-electron chi connectivity index (χ1n) is 7.35. The average molecular weight is 341 g/mol. The molecule has 2 heterocycles. The quantitative estimate of drug-likeness (QED) is 0.902. The van der Waals surface area contributed by atoms with E-state index in [0.29, 0.717) is 16.7 Å². The van der Waals surface area contributed by atoms with Crippen molar-refractivity contribution in [2.24, 2.45) is 5.92 Å². The van der Waals surface area contributed by atoms with E-state index in [0.717, 1.165) is 16.9 Å². The highest BCUT2D eigenvalue weighted by molar-refractivity contribution is 7.93. The van der Waals surface area contributed by atoms with Crippen LogP contribution in [0.4, 0.5) is 6.01 Å². The predicted molar refractivity (Wildman–Crippen MR) is 84.6 cm³/mol. The number of hydrogen-bond donors (Lipinski definition) is 1. The molecule has 0 aromatic carbocycles. The van der Waals surface area contributed by atoms with Crippen molar-refractivity contribution in [3.05, 3.63) is 21.7 Å². The Kier molecular flexibility index (Phi) is 4.22. The lowest BCUT2D eigenvalue weighted by Crippen LogP contribution is -2.14. The van der Waals surface area contributed by atoms with Gasteiger partial charge in [-0.05, 0) is 43.6 Å². The second kappa shape index (κ2) is 6.00. The summed E-state index contributed by atoms with van der Waals surface area (Å²) < 4.78 is 32.7. The molecule has 0 saturated heterocycles. The minimum atomic E-state index is -3.68. The molecule has 0 unspecified atom stereocenters. The van der Waals surface area contributed by atoms with Crippen LogP contribution in [-0.2, 0) is 16.4 Å². The van der Waals surface area contributed by atoms with Gasteiger partial charge in [-0.25, -0.2) is 13.1 Å². The van der Waals surface area contributed by atoms with Crippen molar-refractivity contribution in [3.63, 3.8) is 0 Å². The van der Waals surface area contributed by atoms with Crippen molar-refractivity contribution in [3.8, 4) is 0 Å². The van der Waals surface area contributed by atoms with Crippen LogP contribution in [-0.4, -0.2) is 18.6 Å². The Balaban J connectivity index is 1.74. The summed E-state index contributed by atoms with van der Waals surface area (Å²) in [4.78, 5) is 1.05. The van der Waals surface area contributed by atoms with Crippen LogP contribution in [0.25, 0.3) is 0 Å². The summed E-state index contributed by atoms with van der Waals surface area (Å²) in [6.07, 6.45) is 5.57. The number of nitrogens with one attached hydrogen (secondary N) is 1. The number of thiophene rings is 1. The molecule has 1 fully saturated rings. The van der Waals surface area contributed by atoms with Crippen LogP contribution < -0.4 is 4.72 Å². The molecule has 120 valence electrons. The van der Waals surface area contributed by atoms with Gasteiger partial charge in [-0.1, -0.05) is 17.9 Å². The molecule has 2 aromatic rings. The number of hydrogen-bond acceptors (Lipinski definition) is 6. The molecule has 0 aliphatic heterocycles. The molecule has 2 aromatic heterocycles. The second-order valence-corrected chi connectivity index (χ2v) is 8.47. The van der Waals surface area contributed by atoms with Gasteiger partial charge in [0.25, 0.3) is 10.0 Å². The Morgan fingerprint density at radius 3 is 2.68 bits per heavy atom. The molecule has 6 nitrogen and oxygen atoms in total. The van der Waals surface area contributed by atoms with Crippen LogP contribution in [0, 0.1) is 19.8 Å². The lowest BCUT2D eigenvalue weighted by molar-refractivity contribution is 0.439. The van der Waals surface area contributed by atoms with Crippen molar-refractivity contribution in [2.75, 3.05) is 4.72 Å². The van der Waals surface area contributed by atoms with Gasteiger partial charge in [0.15, 0.2) is 0 Å². The van der Waals surface area contributed by atoms with Crippen molar-refractivity contribution in [2.45, 2.75) is 50.8 Å². The molecule has 0 spiro atoms. The normalized spacial score (nSPS) is 16.3. The zero-order valence-corrected chi connectivity index (χ0v) is 14.3. The molecular weight excluding hydrogens is 322 g/mol. The molecule has 0 amide bonds. The van der Waals surface area contributed by atoms with Crippen LogP contribution in [0.15, 0.2) is 14.7 Å². The van der Waals surface area contributed by atoms with E-state index in [2.05, 4.69) is 14.9 Å². The lowest BCUT2D eigenvalue weighted by Gasteiger charge is -2.05. The van der Waals surface area contributed by atoms with E-state index in [-0.39, 0.29) is 6.01 Å². The van der Waals surface area contributed by atoms with Gasteiger partial charge in [0.2, 0.25) is 5.89 Å². The average Bonchev–Trinajstić information content (AvgIpc) is 3.14. The van der Waals surface area contributed by atoms with Crippen molar-refractivity contribution in [1.82, 2.24) is 10.2 Å². The summed E-state index contributed by atoms with van der Waals surface area (Å²) >= 11 is 1.41. The van der Waals surface area contributed by atoms with Crippen LogP contribution >= 0.6 is 11.3 Å². The molecule has 8 heteroatoms. The molecule has 22 heavy (non-hydrogen) atoms. The van der Waals surface area contributed by atoms with E-state index >= 15 is 0 Å². The number of anilines is 1. The fourth-order valence-corrected chi connectivity index (χ4v) is 5.53. The topological polar surface area (TPSA) is 85.1 Å². The monoisotopic (exact) mass is 341 g/mol. The highest BCUT2D eigenvalue weighted by Crippen LogP contribution is 2.29. The lowest BCUT2D eigenvalue weighted by atomic mass is 10.0. The van der Waals surface area contributed by atoms with E-state index in [1.54, 1.807) is 13.8 Å². The zero-order chi connectivity index (χ0) is 15.7. The molecule has 0 bridgehead atoms. The molecule has 3 rings (SSSR count). The molecule has 0 atom stereocenters. The van der Waals surface area contributed by atoms with Gasteiger partial charge in [0.1, 0.15) is 4.90 Å². The van der Waals surface area contributed by atoms with E-state index in [9.17, 15) is 8.42 Å². The largest absolute Gasteiger partial charge is 0.407 e. The van der Waals surface area contributed by atoms with Gasteiger partial charge in [-0.15, -0.1) is 16.4 Å². The van der Waals surface area contributed by atoms with E-state index in [1.165, 1.54) is 37.0 Å². The van der Waals surface area contributed by atoms with Gasteiger partial charge >= 0.3 is 6.01 Å². The molecule has 1 N–H and O–H groups in total. The Morgan fingerprint density at radius 1 is 1.32 bits per heavy atom. The van der Waals surface area contributed by atoms with E-state index in [4.69, 9.17) is 4.42 Å². The van der Waals surface area contributed by atoms with Gasteiger partial charge in [0.05, 0.1) is 0 Å². The second-order valence-electron chi connectivity index (χ2n) is 5.77. The SMILES string of the molecule is Cc1csc(C)c1S(=O)(=O)Nc1nnc(CC2CCCC2)o1. The first-order chi connectivity index (χ1) is 10.5. The minimum Gasteiger partial charge on any atom is -0.407 e. The summed E-state index contributed by atoms with van der Waals surface area (Å²) in [5, 5.41) is 9.58. The Hall–Kier alpha value is -1.41. The van der Waals surface area contributed by atoms with Crippen LogP contribution in [0.3, 0.4) is 0 Å². The number of aromatic nitrogens is 2. The highest BCUT2D eigenvalue weighted by atomic mass is 32.2. The van der Waals surface area contributed by atoms with Crippen LogP contribution in [0.5, 0.6) is 0 Å². The van der Waals surface area contributed by atoms with Gasteiger partial charge in [0, 0.05) is 11.3 Å². The summed E-state index contributed by atoms with van der Waals surface area (Å²) in [6.45, 7) is 3.56. The zero-order valence-electron chi connectivity index (χ0n) is 12.6. The van der Waals surface area contributed by atoms with Crippen LogP contribution in [0.2, 0.25) is 0 Å². The van der Waals surface area contributed by atoms with Gasteiger partial charge < -0.3 is 4.42 Å². The number of nitrogens with zero attached hydrogens (tertiary/aromatic N) is 2. The Morgan fingerprint density at radius 2 is 2.05 bits per heavy atom. The third-order valence-corrected chi connectivity index (χ3v) is 6.75. The standard InChI is InChI=1S/C14H19N3O3S2/c1-9-8-21-10(2)13(9)22(18,19)17-14-16-15-12(20-14)7-11-5-3-4-6-11/h8,11H,3-7H2,1-2H3,(H,16,17).